The maximum Gasteiger partial charge on any atom is 0.490 e. The molecular weight excluding hydrogens is 471 g/mol. The predicted octanol–water partition coefficient (Wildman–Crippen LogP) is 3.84. The van der Waals surface area contributed by atoms with Crippen molar-refractivity contribution in [1.29, 1.82) is 0 Å². The van der Waals surface area contributed by atoms with Crippen molar-refractivity contribution < 1.29 is 27.9 Å². The molecule has 1 amide bonds. The molecule has 0 aliphatic carbocycles. The van der Waals surface area contributed by atoms with E-state index < -0.39 is 12.1 Å². The number of carboxylic acid groups (broad SMARTS) is 1. The molecule has 4 rings (SSSR count). The van der Waals surface area contributed by atoms with Crippen LogP contribution in [0.1, 0.15) is 29.8 Å². The van der Waals surface area contributed by atoms with Crippen molar-refractivity contribution in [3.05, 3.63) is 53.8 Å². The molecule has 182 valence electrons. The molecular formula is C22H24F3N5O3S. The average molecular weight is 496 g/mol. The minimum Gasteiger partial charge on any atom is -0.475 e. The highest BCUT2D eigenvalue weighted by Gasteiger charge is 2.38. The number of halogens is 3. The molecule has 2 aromatic heterocycles. The van der Waals surface area contributed by atoms with Crippen molar-refractivity contribution in [3.63, 3.8) is 0 Å². The fraction of sp³-hybridized carbons (Fsp3) is 0.364. The van der Waals surface area contributed by atoms with Crippen LogP contribution in [0.15, 0.2) is 48.1 Å². The minimum absolute atomic E-state index is 0.0124. The van der Waals surface area contributed by atoms with Crippen molar-refractivity contribution >= 4 is 23.2 Å². The summed E-state index contributed by atoms with van der Waals surface area (Å²) in [5.74, 6) is -2.77. The van der Waals surface area contributed by atoms with E-state index >= 15 is 0 Å². The first kappa shape index (κ1) is 25.4. The van der Waals surface area contributed by atoms with Gasteiger partial charge in [0.2, 0.25) is 0 Å². The van der Waals surface area contributed by atoms with E-state index in [1.165, 1.54) is 17.8 Å². The number of carbonyl (C=O) groups excluding carboxylic acids is 1. The van der Waals surface area contributed by atoms with Gasteiger partial charge in [-0.2, -0.15) is 18.3 Å². The fourth-order valence-corrected chi connectivity index (χ4v) is 4.11. The summed E-state index contributed by atoms with van der Waals surface area (Å²) >= 11 is 1.48. The predicted molar refractivity (Wildman–Crippen MR) is 121 cm³/mol. The van der Waals surface area contributed by atoms with Gasteiger partial charge in [-0.15, -0.1) is 11.3 Å². The Morgan fingerprint density at radius 1 is 1.24 bits per heavy atom. The van der Waals surface area contributed by atoms with Crippen molar-refractivity contribution in [1.82, 2.24) is 25.0 Å². The van der Waals surface area contributed by atoms with E-state index in [1.54, 1.807) is 6.20 Å². The summed E-state index contributed by atoms with van der Waals surface area (Å²) in [5, 5.41) is 17.6. The van der Waals surface area contributed by atoms with Crippen LogP contribution in [-0.2, 0) is 4.79 Å². The maximum absolute atomic E-state index is 12.8. The second-order valence-corrected chi connectivity index (χ2v) is 8.48. The number of aliphatic carboxylic acids is 1. The number of thiazole rings is 1. The summed E-state index contributed by atoms with van der Waals surface area (Å²) in [6.07, 6.45) is 2.01. The maximum atomic E-state index is 12.8. The van der Waals surface area contributed by atoms with E-state index in [9.17, 15) is 18.0 Å². The summed E-state index contributed by atoms with van der Waals surface area (Å²) < 4.78 is 33.6. The Labute approximate surface area is 198 Å². The van der Waals surface area contributed by atoms with Gasteiger partial charge >= 0.3 is 12.1 Å². The third-order valence-electron chi connectivity index (χ3n) is 5.21. The Balaban J connectivity index is 0.000000406. The van der Waals surface area contributed by atoms with Crippen LogP contribution in [0.5, 0.6) is 0 Å². The van der Waals surface area contributed by atoms with Gasteiger partial charge < -0.3 is 15.3 Å². The van der Waals surface area contributed by atoms with Gasteiger partial charge in [0.15, 0.2) is 0 Å². The molecule has 34 heavy (non-hydrogen) atoms. The third kappa shape index (κ3) is 6.64. The van der Waals surface area contributed by atoms with Crippen LogP contribution in [0.4, 0.5) is 13.2 Å². The molecule has 0 bridgehead atoms. The first-order valence-electron chi connectivity index (χ1n) is 10.5. The first-order valence-corrected chi connectivity index (χ1v) is 11.4. The van der Waals surface area contributed by atoms with Crippen LogP contribution in [-0.4, -0.2) is 69.0 Å². The molecule has 1 aromatic carbocycles. The van der Waals surface area contributed by atoms with E-state index in [0.717, 1.165) is 42.2 Å². The highest BCUT2D eigenvalue weighted by molar-refractivity contribution is 7.13. The molecule has 3 aromatic rings. The third-order valence-corrected chi connectivity index (χ3v) is 6.10. The van der Waals surface area contributed by atoms with Crippen LogP contribution in [0, 0.1) is 0 Å². The summed E-state index contributed by atoms with van der Waals surface area (Å²) in [5.41, 5.74) is 2.42. The molecule has 1 unspecified atom stereocenters. The van der Waals surface area contributed by atoms with Crippen LogP contribution in [0.25, 0.3) is 16.3 Å². The number of alkyl halides is 3. The highest BCUT2D eigenvalue weighted by atomic mass is 32.1. The Bertz CT molecular complexity index is 1090. The van der Waals surface area contributed by atoms with Crippen molar-refractivity contribution in [3.8, 4) is 16.3 Å². The summed E-state index contributed by atoms with van der Waals surface area (Å²) in [6, 6.07) is 10.2. The van der Waals surface area contributed by atoms with Crippen molar-refractivity contribution in [2.45, 2.75) is 31.5 Å². The van der Waals surface area contributed by atoms with Gasteiger partial charge in [-0.3, -0.25) is 4.79 Å². The lowest BCUT2D eigenvalue weighted by Crippen LogP contribution is -2.42. The molecule has 12 heteroatoms. The van der Waals surface area contributed by atoms with Crippen LogP contribution in [0.3, 0.4) is 0 Å². The number of rotatable bonds is 4. The number of para-hydroxylation sites is 1. The highest BCUT2D eigenvalue weighted by Crippen LogP contribution is 2.25. The second kappa shape index (κ2) is 11.3. The van der Waals surface area contributed by atoms with Crippen LogP contribution in [0.2, 0.25) is 0 Å². The quantitative estimate of drug-likeness (QED) is 0.571. The van der Waals surface area contributed by atoms with Gasteiger partial charge in [0.1, 0.15) is 10.7 Å². The van der Waals surface area contributed by atoms with Gasteiger partial charge in [0, 0.05) is 36.8 Å². The lowest BCUT2D eigenvalue weighted by molar-refractivity contribution is -0.192. The smallest absolute Gasteiger partial charge is 0.475 e. The first-order chi connectivity index (χ1) is 16.2. The number of hydrogen-bond acceptors (Lipinski definition) is 6. The van der Waals surface area contributed by atoms with E-state index in [-0.39, 0.29) is 11.9 Å². The molecule has 1 fully saturated rings. The van der Waals surface area contributed by atoms with Crippen molar-refractivity contribution in [2.75, 3.05) is 20.1 Å². The lowest BCUT2D eigenvalue weighted by Gasteiger charge is -2.26. The van der Waals surface area contributed by atoms with Gasteiger partial charge in [-0.25, -0.2) is 14.5 Å². The molecule has 8 nitrogen and oxygen atoms in total. The zero-order valence-electron chi connectivity index (χ0n) is 18.3. The number of carbonyl (C=O) groups is 2. The molecule has 3 heterocycles. The number of benzene rings is 1. The Hall–Kier alpha value is -3.25. The van der Waals surface area contributed by atoms with E-state index in [1.807, 2.05) is 58.5 Å². The van der Waals surface area contributed by atoms with Crippen molar-refractivity contribution in [2.24, 2.45) is 0 Å². The Morgan fingerprint density at radius 2 is 1.94 bits per heavy atom. The minimum atomic E-state index is -5.08. The average Bonchev–Trinajstić information content (AvgIpc) is 3.42. The number of carboxylic acids is 1. The van der Waals surface area contributed by atoms with Gasteiger partial charge in [0.05, 0.1) is 11.9 Å². The van der Waals surface area contributed by atoms with Crippen LogP contribution < -0.4 is 5.32 Å². The van der Waals surface area contributed by atoms with Gasteiger partial charge in [-0.05, 0) is 31.5 Å². The number of amides is 1. The Kier molecular flexibility index (Phi) is 8.40. The van der Waals surface area contributed by atoms with E-state index in [0.29, 0.717) is 5.69 Å². The lowest BCUT2D eigenvalue weighted by atomic mass is 10.1. The zero-order chi connectivity index (χ0) is 24.7. The number of nitrogens with zero attached hydrogens (tertiary/aromatic N) is 4. The Morgan fingerprint density at radius 3 is 2.62 bits per heavy atom. The monoisotopic (exact) mass is 495 g/mol. The number of likely N-dealkylation sites (N-methyl/N-ethyl adjacent to an activating group) is 1. The largest absolute Gasteiger partial charge is 0.490 e. The van der Waals surface area contributed by atoms with Crippen LogP contribution >= 0.6 is 11.3 Å². The second-order valence-electron chi connectivity index (χ2n) is 7.62. The molecule has 0 saturated carbocycles. The molecule has 2 N–H and O–H groups in total. The summed E-state index contributed by atoms with van der Waals surface area (Å²) in [4.78, 5) is 28.2. The summed E-state index contributed by atoms with van der Waals surface area (Å²) in [6.45, 7) is 1.88. The normalized spacial score (nSPS) is 16.2. The topological polar surface area (TPSA) is 100 Å². The summed E-state index contributed by atoms with van der Waals surface area (Å²) in [7, 11) is 1.88. The van der Waals surface area contributed by atoms with Gasteiger partial charge in [0.25, 0.3) is 5.91 Å². The van der Waals surface area contributed by atoms with E-state index in [4.69, 9.17) is 9.90 Å². The number of aromatic nitrogens is 3. The SMILES string of the molecule is CN(C(=O)c1csc(-c2cnn(-c3ccccc3)c2)n1)C1CCCCNC1.O=C(O)C(F)(F)F. The molecule has 1 aliphatic heterocycles. The molecule has 1 atom stereocenters. The fourth-order valence-electron chi connectivity index (χ4n) is 3.34. The standard InChI is InChI=1S/C20H23N5OS.C2HF3O2/c1-24(17-9-5-6-10-21-12-17)20(26)18-14-27-19(23-18)15-11-22-25(13-15)16-7-3-2-4-8-16;3-2(4,5)1(6)7/h2-4,7-8,11,13-14,17,21H,5-6,9-10,12H2,1H3;(H,6,7). The number of hydrogen-bond donors (Lipinski definition) is 2. The number of nitrogens with one attached hydrogen (secondary N) is 1. The molecule has 0 radical (unpaired) electrons. The molecule has 0 spiro atoms. The molecule has 1 aliphatic rings. The zero-order valence-corrected chi connectivity index (χ0v) is 19.1. The molecule has 1 saturated heterocycles. The van der Waals surface area contributed by atoms with Gasteiger partial charge in [-0.1, -0.05) is 24.6 Å². The van der Waals surface area contributed by atoms with E-state index in [2.05, 4.69) is 15.4 Å².